The molecule has 1 heterocycles. The van der Waals surface area contributed by atoms with Crippen LogP contribution in [-0.2, 0) is 22.6 Å². The van der Waals surface area contributed by atoms with Crippen molar-refractivity contribution in [3.05, 3.63) is 72.3 Å². The van der Waals surface area contributed by atoms with Crippen LogP contribution < -0.4 is 0 Å². The molecule has 6 heteroatoms. The summed E-state index contributed by atoms with van der Waals surface area (Å²) < 4.78 is 26.6. The average molecular weight is 390 g/mol. The zero-order chi connectivity index (χ0) is 20.2. The number of benzene rings is 1. The second kappa shape index (κ2) is 12.5. The molecule has 0 amide bonds. The molecule has 0 saturated carbocycles. The van der Waals surface area contributed by atoms with Gasteiger partial charge < -0.3 is 19.1 Å². The first kappa shape index (κ1) is 22.3. The van der Waals surface area contributed by atoms with Gasteiger partial charge in [0.2, 0.25) is 0 Å². The maximum atomic E-state index is 14.0. The quantitative estimate of drug-likeness (QED) is 0.398. The van der Waals surface area contributed by atoms with Crippen LogP contribution in [0.2, 0.25) is 0 Å². The number of aromatic nitrogens is 1. The van der Waals surface area contributed by atoms with Crippen LogP contribution >= 0.6 is 0 Å². The van der Waals surface area contributed by atoms with E-state index in [1.54, 1.807) is 25.3 Å². The molecular weight excluding hydrogens is 359 g/mol. The summed E-state index contributed by atoms with van der Waals surface area (Å²) in [7, 11) is 1.68. The highest BCUT2D eigenvalue weighted by atomic mass is 19.1. The number of hydrogen-bond acceptors (Lipinski definition) is 4. The van der Waals surface area contributed by atoms with Gasteiger partial charge in [-0.3, -0.25) is 4.90 Å². The highest BCUT2D eigenvalue weighted by Gasteiger charge is 2.15. The molecule has 1 aromatic carbocycles. The van der Waals surface area contributed by atoms with Crippen molar-refractivity contribution in [2.75, 3.05) is 40.0 Å². The third-order valence-corrected chi connectivity index (χ3v) is 4.45. The maximum absolute atomic E-state index is 14.0. The maximum Gasteiger partial charge on any atom is 0.128 e. The average Bonchev–Trinajstić information content (AvgIpc) is 3.10. The predicted molar refractivity (Wildman–Crippen MR) is 109 cm³/mol. The van der Waals surface area contributed by atoms with E-state index < -0.39 is 6.10 Å². The number of nitrogens with zero attached hydrogens (tertiary/aromatic N) is 2. The number of methoxy groups -OCH3 is 1. The van der Waals surface area contributed by atoms with E-state index in [0.29, 0.717) is 38.4 Å². The molecule has 0 aliphatic heterocycles. The van der Waals surface area contributed by atoms with Gasteiger partial charge in [0.1, 0.15) is 5.82 Å². The highest BCUT2D eigenvalue weighted by Crippen LogP contribution is 2.14. The summed E-state index contributed by atoms with van der Waals surface area (Å²) in [4.78, 5) is 2.17. The fourth-order valence-electron chi connectivity index (χ4n) is 3.09. The van der Waals surface area contributed by atoms with E-state index in [1.165, 1.54) is 6.07 Å². The first-order chi connectivity index (χ1) is 13.6. The number of aliphatic hydroxyl groups excluding tert-OH is 1. The van der Waals surface area contributed by atoms with E-state index in [4.69, 9.17) is 9.47 Å². The summed E-state index contributed by atoms with van der Waals surface area (Å²) in [6.07, 6.45) is 3.90. The van der Waals surface area contributed by atoms with Crippen molar-refractivity contribution in [3.8, 4) is 0 Å². The van der Waals surface area contributed by atoms with Crippen LogP contribution in [-0.4, -0.2) is 60.7 Å². The fraction of sp³-hybridized carbons (Fsp3) is 0.455. The second-order valence-electron chi connectivity index (χ2n) is 6.78. The number of aliphatic hydroxyl groups is 1. The molecule has 1 atom stereocenters. The number of hydrogen-bond donors (Lipinski definition) is 1. The molecule has 0 radical (unpaired) electrons. The lowest BCUT2D eigenvalue weighted by molar-refractivity contribution is 0.0225. The van der Waals surface area contributed by atoms with Crippen molar-refractivity contribution >= 4 is 0 Å². The van der Waals surface area contributed by atoms with Gasteiger partial charge in [-0.05, 0) is 24.6 Å². The van der Waals surface area contributed by atoms with Crippen LogP contribution in [0.1, 0.15) is 17.7 Å². The zero-order valence-electron chi connectivity index (χ0n) is 16.6. The van der Waals surface area contributed by atoms with E-state index in [-0.39, 0.29) is 12.4 Å². The Kier molecular flexibility index (Phi) is 9.93. The lowest BCUT2D eigenvalue weighted by atomic mass is 10.2. The molecule has 2 aromatic rings. The summed E-state index contributed by atoms with van der Waals surface area (Å²) in [5.41, 5.74) is 1.73. The Labute approximate surface area is 167 Å². The van der Waals surface area contributed by atoms with Crippen molar-refractivity contribution in [2.45, 2.75) is 25.6 Å². The Morgan fingerprint density at radius 3 is 2.86 bits per heavy atom. The SMILES string of the molecule is C=CCOC[C@@H](O)CN(CCCOC)Cc1cccn1Cc1ccccc1F. The van der Waals surface area contributed by atoms with Gasteiger partial charge in [-0.2, -0.15) is 0 Å². The van der Waals surface area contributed by atoms with Crippen LogP contribution in [0.25, 0.3) is 0 Å². The van der Waals surface area contributed by atoms with Crippen LogP contribution in [0, 0.1) is 5.82 Å². The molecule has 0 aliphatic carbocycles. The van der Waals surface area contributed by atoms with Crippen LogP contribution in [0.5, 0.6) is 0 Å². The van der Waals surface area contributed by atoms with Gasteiger partial charge in [-0.1, -0.05) is 24.3 Å². The van der Waals surface area contributed by atoms with Crippen molar-refractivity contribution in [3.63, 3.8) is 0 Å². The first-order valence-corrected chi connectivity index (χ1v) is 9.59. The van der Waals surface area contributed by atoms with Crippen LogP contribution in [0.3, 0.4) is 0 Å². The van der Waals surface area contributed by atoms with E-state index in [2.05, 4.69) is 11.5 Å². The predicted octanol–water partition coefficient (Wildman–Crippen LogP) is 3.08. The number of halogens is 1. The molecular formula is C22H31FN2O3. The van der Waals surface area contributed by atoms with E-state index in [0.717, 1.165) is 18.7 Å². The van der Waals surface area contributed by atoms with Crippen molar-refractivity contribution < 1.29 is 19.0 Å². The molecule has 0 aliphatic rings. The molecule has 0 unspecified atom stereocenters. The molecule has 2 rings (SSSR count). The van der Waals surface area contributed by atoms with Crippen LogP contribution in [0.15, 0.2) is 55.3 Å². The lowest BCUT2D eigenvalue weighted by Gasteiger charge is -2.25. The zero-order valence-corrected chi connectivity index (χ0v) is 16.6. The Hall–Kier alpha value is -1.99. The van der Waals surface area contributed by atoms with E-state index in [1.807, 2.05) is 29.0 Å². The molecule has 0 spiro atoms. The van der Waals surface area contributed by atoms with Gasteiger partial charge in [-0.15, -0.1) is 6.58 Å². The summed E-state index contributed by atoms with van der Waals surface area (Å²) in [6, 6.07) is 10.8. The summed E-state index contributed by atoms with van der Waals surface area (Å²) >= 11 is 0. The van der Waals surface area contributed by atoms with Crippen LogP contribution in [0.4, 0.5) is 4.39 Å². The Balaban J connectivity index is 2.01. The summed E-state index contributed by atoms with van der Waals surface area (Å²) in [6.45, 7) is 7.38. The lowest BCUT2D eigenvalue weighted by Crippen LogP contribution is -2.36. The van der Waals surface area contributed by atoms with Gasteiger partial charge in [0.25, 0.3) is 0 Å². The van der Waals surface area contributed by atoms with Gasteiger partial charge in [0, 0.05) is 50.8 Å². The molecule has 0 bridgehead atoms. The third kappa shape index (κ3) is 7.56. The van der Waals surface area contributed by atoms with Gasteiger partial charge in [0.05, 0.1) is 25.9 Å². The topological polar surface area (TPSA) is 46.9 Å². The molecule has 1 aromatic heterocycles. The van der Waals surface area contributed by atoms with Gasteiger partial charge in [-0.25, -0.2) is 4.39 Å². The second-order valence-corrected chi connectivity index (χ2v) is 6.78. The highest BCUT2D eigenvalue weighted by molar-refractivity contribution is 5.19. The minimum atomic E-state index is -0.586. The Morgan fingerprint density at radius 1 is 1.29 bits per heavy atom. The minimum Gasteiger partial charge on any atom is -0.389 e. The summed E-state index contributed by atoms with van der Waals surface area (Å²) in [5, 5.41) is 10.3. The fourth-order valence-corrected chi connectivity index (χ4v) is 3.09. The molecule has 1 N–H and O–H groups in total. The third-order valence-electron chi connectivity index (χ3n) is 4.45. The monoisotopic (exact) mass is 390 g/mol. The molecule has 28 heavy (non-hydrogen) atoms. The number of ether oxygens (including phenoxy) is 2. The minimum absolute atomic E-state index is 0.200. The van der Waals surface area contributed by atoms with Crippen molar-refractivity contribution in [2.24, 2.45) is 0 Å². The molecule has 0 saturated heterocycles. The van der Waals surface area contributed by atoms with E-state index >= 15 is 0 Å². The van der Waals surface area contributed by atoms with Crippen molar-refractivity contribution in [1.29, 1.82) is 0 Å². The number of rotatable bonds is 14. The standard InChI is InChI=1S/C22H31FN2O3/c1-3-13-28-18-21(26)17-24(11-7-14-27-2)16-20-9-6-12-25(20)15-19-8-4-5-10-22(19)23/h3-6,8-10,12,21,26H,1,7,11,13-18H2,2H3/t21-/m0/s1. The smallest absolute Gasteiger partial charge is 0.128 e. The van der Waals surface area contributed by atoms with Crippen molar-refractivity contribution in [1.82, 2.24) is 9.47 Å². The Morgan fingerprint density at radius 2 is 2.11 bits per heavy atom. The molecule has 0 fully saturated rings. The van der Waals surface area contributed by atoms with E-state index in [9.17, 15) is 9.50 Å². The summed E-state index contributed by atoms with van der Waals surface area (Å²) in [5.74, 6) is -0.200. The molecule has 154 valence electrons. The molecule has 5 nitrogen and oxygen atoms in total. The largest absolute Gasteiger partial charge is 0.389 e. The first-order valence-electron chi connectivity index (χ1n) is 9.59. The normalized spacial score (nSPS) is 12.4. The Bertz CT molecular complexity index is 705. The van der Waals surface area contributed by atoms with Gasteiger partial charge >= 0.3 is 0 Å². The van der Waals surface area contributed by atoms with Gasteiger partial charge in [0.15, 0.2) is 0 Å².